The molecule has 1 aliphatic carbocycles. The molecule has 0 bridgehead atoms. The number of carbonyl (C=O) groups excluding carboxylic acids is 1. The Balaban J connectivity index is 1.14. The lowest BCUT2D eigenvalue weighted by Crippen LogP contribution is -2.44. The molecule has 176 valence electrons. The Labute approximate surface area is 202 Å². The van der Waals surface area contributed by atoms with Gasteiger partial charge in [0.2, 0.25) is 0 Å². The Morgan fingerprint density at radius 2 is 1.62 bits per heavy atom. The van der Waals surface area contributed by atoms with Crippen LogP contribution in [0.1, 0.15) is 40.2 Å². The Hall–Kier alpha value is -3.15. The van der Waals surface area contributed by atoms with Gasteiger partial charge in [-0.15, -0.1) is 0 Å². The van der Waals surface area contributed by atoms with Gasteiger partial charge in [0.15, 0.2) is 0 Å². The maximum absolute atomic E-state index is 12.7. The molecule has 5 heteroatoms. The lowest BCUT2D eigenvalue weighted by Gasteiger charge is -2.34. The summed E-state index contributed by atoms with van der Waals surface area (Å²) in [7, 11) is 2.15. The number of hydrogen-bond donors (Lipinski definition) is 2. The van der Waals surface area contributed by atoms with Crippen LogP contribution in [0.5, 0.6) is 0 Å². The lowest BCUT2D eigenvalue weighted by molar-refractivity contribution is 0.102. The molecule has 3 aromatic rings. The molecule has 2 fully saturated rings. The van der Waals surface area contributed by atoms with Gasteiger partial charge in [-0.1, -0.05) is 42.5 Å². The average molecular weight is 455 g/mol. The summed E-state index contributed by atoms with van der Waals surface area (Å²) in [5.74, 6) is 0.309. The van der Waals surface area contributed by atoms with Crippen LogP contribution in [0.15, 0.2) is 78.9 Å². The van der Waals surface area contributed by atoms with Crippen LogP contribution in [0.2, 0.25) is 0 Å². The smallest absolute Gasteiger partial charge is 0.255 e. The van der Waals surface area contributed by atoms with Gasteiger partial charge < -0.3 is 20.9 Å². The minimum absolute atomic E-state index is 0.0832. The van der Waals surface area contributed by atoms with Crippen LogP contribution in [-0.2, 0) is 6.42 Å². The molecule has 0 aromatic heterocycles. The van der Waals surface area contributed by atoms with Crippen molar-refractivity contribution in [1.82, 2.24) is 4.90 Å². The van der Waals surface area contributed by atoms with E-state index in [0.29, 0.717) is 11.5 Å². The van der Waals surface area contributed by atoms with E-state index in [0.717, 1.165) is 51.1 Å². The van der Waals surface area contributed by atoms with Crippen molar-refractivity contribution in [3.63, 3.8) is 0 Å². The third kappa shape index (κ3) is 5.16. The standard InChI is InChI=1S/C29H34N4O/c1-32-17-19-33(20-18-32)26-13-9-24(10-14-26)28(34)31-25-11-7-23(8-12-25)27-21-29(27,30)16-15-22-5-3-2-4-6-22/h2-14,27H,15-21,30H2,1H3,(H,31,34). The lowest BCUT2D eigenvalue weighted by atomic mass is 9.99. The highest BCUT2D eigenvalue weighted by atomic mass is 16.1. The van der Waals surface area contributed by atoms with Crippen LogP contribution in [0.3, 0.4) is 0 Å². The number of hydrogen-bond acceptors (Lipinski definition) is 4. The van der Waals surface area contributed by atoms with Crippen LogP contribution in [0.25, 0.3) is 0 Å². The number of carbonyl (C=O) groups is 1. The first-order valence-electron chi connectivity index (χ1n) is 12.3. The number of aryl methyl sites for hydroxylation is 1. The number of piperazine rings is 1. The molecule has 2 aliphatic rings. The summed E-state index contributed by atoms with van der Waals surface area (Å²) in [5, 5.41) is 3.03. The van der Waals surface area contributed by atoms with Crippen molar-refractivity contribution in [2.24, 2.45) is 5.73 Å². The molecule has 0 spiro atoms. The molecule has 3 N–H and O–H groups in total. The zero-order chi connectivity index (χ0) is 23.5. The number of nitrogens with one attached hydrogen (secondary N) is 1. The van der Waals surface area contributed by atoms with E-state index in [1.54, 1.807) is 0 Å². The zero-order valence-corrected chi connectivity index (χ0v) is 19.9. The van der Waals surface area contributed by atoms with Gasteiger partial charge >= 0.3 is 0 Å². The fourth-order valence-corrected chi connectivity index (χ4v) is 4.96. The van der Waals surface area contributed by atoms with Crippen LogP contribution >= 0.6 is 0 Å². The van der Waals surface area contributed by atoms with E-state index >= 15 is 0 Å². The van der Waals surface area contributed by atoms with Crippen molar-refractivity contribution in [2.45, 2.75) is 30.7 Å². The molecule has 3 aromatic carbocycles. The van der Waals surface area contributed by atoms with E-state index in [-0.39, 0.29) is 11.4 Å². The quantitative estimate of drug-likeness (QED) is 0.552. The van der Waals surface area contributed by atoms with Gasteiger partial charge in [-0.05, 0) is 73.8 Å². The molecule has 5 rings (SSSR count). The van der Waals surface area contributed by atoms with Crippen molar-refractivity contribution in [2.75, 3.05) is 43.4 Å². The van der Waals surface area contributed by atoms with Gasteiger partial charge in [-0.25, -0.2) is 0 Å². The third-order valence-corrected chi connectivity index (χ3v) is 7.41. The van der Waals surface area contributed by atoms with Crippen molar-refractivity contribution in [3.8, 4) is 0 Å². The van der Waals surface area contributed by atoms with Gasteiger partial charge in [0, 0.05) is 54.6 Å². The fourth-order valence-electron chi connectivity index (χ4n) is 4.96. The van der Waals surface area contributed by atoms with Gasteiger partial charge in [0.25, 0.3) is 5.91 Å². The van der Waals surface area contributed by atoms with Gasteiger partial charge in [0.05, 0.1) is 0 Å². The predicted molar refractivity (Wildman–Crippen MR) is 140 cm³/mol. The maximum Gasteiger partial charge on any atom is 0.255 e. The van der Waals surface area contributed by atoms with E-state index in [1.807, 2.05) is 42.5 Å². The SMILES string of the molecule is CN1CCN(c2ccc(C(=O)Nc3ccc(C4CC4(N)CCc4ccccc4)cc3)cc2)CC1. The highest BCUT2D eigenvalue weighted by Gasteiger charge is 2.50. The summed E-state index contributed by atoms with van der Waals surface area (Å²) < 4.78 is 0. The highest BCUT2D eigenvalue weighted by molar-refractivity contribution is 6.04. The highest BCUT2D eigenvalue weighted by Crippen LogP contribution is 2.52. The number of rotatable bonds is 7. The molecule has 1 saturated heterocycles. The van der Waals surface area contributed by atoms with E-state index in [2.05, 4.69) is 58.6 Å². The van der Waals surface area contributed by atoms with Crippen LogP contribution in [0, 0.1) is 0 Å². The number of nitrogens with zero attached hydrogens (tertiary/aromatic N) is 2. The zero-order valence-electron chi connectivity index (χ0n) is 19.9. The second-order valence-electron chi connectivity index (χ2n) is 9.89. The summed E-state index contributed by atoms with van der Waals surface area (Å²) in [6.07, 6.45) is 3.02. The molecule has 1 saturated carbocycles. The largest absolute Gasteiger partial charge is 0.369 e. The number of amides is 1. The summed E-state index contributed by atoms with van der Waals surface area (Å²) in [6.45, 7) is 4.17. The Bertz CT molecular complexity index is 1110. The minimum Gasteiger partial charge on any atom is -0.369 e. The monoisotopic (exact) mass is 454 g/mol. The first-order chi connectivity index (χ1) is 16.5. The van der Waals surface area contributed by atoms with Crippen LogP contribution in [-0.4, -0.2) is 49.6 Å². The van der Waals surface area contributed by atoms with E-state index in [4.69, 9.17) is 5.73 Å². The molecule has 34 heavy (non-hydrogen) atoms. The fraction of sp³-hybridized carbons (Fsp3) is 0.345. The summed E-state index contributed by atoms with van der Waals surface area (Å²) >= 11 is 0. The molecule has 1 heterocycles. The Kier molecular flexibility index (Phi) is 6.40. The predicted octanol–water partition coefficient (Wildman–Crippen LogP) is 4.51. The van der Waals surface area contributed by atoms with Gasteiger partial charge in [-0.2, -0.15) is 0 Å². The topological polar surface area (TPSA) is 61.6 Å². The molecule has 2 unspecified atom stereocenters. The first-order valence-corrected chi connectivity index (χ1v) is 12.3. The summed E-state index contributed by atoms with van der Waals surface area (Å²) in [5.41, 5.74) is 11.8. The second kappa shape index (κ2) is 9.61. The summed E-state index contributed by atoms with van der Waals surface area (Å²) in [4.78, 5) is 17.5. The average Bonchev–Trinajstić information content (AvgIpc) is 3.56. The van der Waals surface area contributed by atoms with Crippen LogP contribution in [0.4, 0.5) is 11.4 Å². The van der Waals surface area contributed by atoms with Gasteiger partial charge in [0.1, 0.15) is 0 Å². The number of likely N-dealkylation sites (N-methyl/N-ethyl adjacent to an activating group) is 1. The number of anilines is 2. The Morgan fingerprint density at radius 3 is 2.29 bits per heavy atom. The normalized spacial score (nSPS) is 22.4. The molecule has 1 aliphatic heterocycles. The molecule has 2 atom stereocenters. The minimum atomic E-state index is -0.119. The van der Waals surface area contributed by atoms with Crippen LogP contribution < -0.4 is 16.0 Å². The molecule has 5 nitrogen and oxygen atoms in total. The van der Waals surface area contributed by atoms with Crippen molar-refractivity contribution in [3.05, 3.63) is 95.6 Å². The second-order valence-corrected chi connectivity index (χ2v) is 9.89. The van der Waals surface area contributed by atoms with Crippen molar-refractivity contribution < 1.29 is 4.79 Å². The molecule has 1 amide bonds. The van der Waals surface area contributed by atoms with E-state index in [9.17, 15) is 4.79 Å². The summed E-state index contributed by atoms with van der Waals surface area (Å²) in [6, 6.07) is 26.6. The number of benzene rings is 3. The Morgan fingerprint density at radius 1 is 0.941 bits per heavy atom. The first kappa shape index (κ1) is 22.6. The number of nitrogens with two attached hydrogens (primary N) is 1. The maximum atomic E-state index is 12.7. The molecular weight excluding hydrogens is 420 g/mol. The van der Waals surface area contributed by atoms with Gasteiger partial charge in [-0.3, -0.25) is 4.79 Å². The third-order valence-electron chi connectivity index (χ3n) is 7.41. The van der Waals surface area contributed by atoms with Crippen molar-refractivity contribution >= 4 is 17.3 Å². The van der Waals surface area contributed by atoms with Crippen molar-refractivity contribution in [1.29, 1.82) is 0 Å². The molecule has 0 radical (unpaired) electrons. The van der Waals surface area contributed by atoms with E-state index in [1.165, 1.54) is 16.8 Å². The molecular formula is C29H34N4O. The van der Waals surface area contributed by atoms with E-state index < -0.39 is 0 Å².